The Morgan fingerprint density at radius 2 is 2.10 bits per heavy atom. The van der Waals surface area contributed by atoms with Crippen LogP contribution in [0.4, 0.5) is 0 Å². The van der Waals surface area contributed by atoms with E-state index in [1.54, 1.807) is 12.5 Å². The third-order valence-corrected chi connectivity index (χ3v) is 3.99. The van der Waals surface area contributed by atoms with Crippen LogP contribution in [-0.2, 0) is 6.42 Å². The van der Waals surface area contributed by atoms with Crippen molar-refractivity contribution in [3.63, 3.8) is 0 Å². The average Bonchev–Trinajstić information content (AvgIpc) is 3.06. The summed E-state index contributed by atoms with van der Waals surface area (Å²) in [5.41, 5.74) is 7.09. The molecule has 0 amide bonds. The lowest BCUT2D eigenvalue weighted by Crippen LogP contribution is -2.14. The molecule has 0 aliphatic heterocycles. The highest BCUT2D eigenvalue weighted by Crippen LogP contribution is 2.30. The second kappa shape index (κ2) is 6.17. The molecule has 1 aliphatic rings. The van der Waals surface area contributed by atoms with Crippen LogP contribution in [0.3, 0.4) is 0 Å². The Morgan fingerprint density at radius 3 is 2.80 bits per heavy atom. The number of aromatic amines is 1. The monoisotopic (exact) mass is 275 g/mol. The molecule has 0 unspecified atom stereocenters. The van der Waals surface area contributed by atoms with Crippen molar-refractivity contribution in [2.75, 3.05) is 0 Å². The Kier molecular flexibility index (Phi) is 4.11. The van der Waals surface area contributed by atoms with E-state index >= 15 is 0 Å². The number of hydrogen-bond acceptors (Lipinski definition) is 5. The molecule has 1 aliphatic carbocycles. The van der Waals surface area contributed by atoms with E-state index in [2.05, 4.69) is 20.1 Å². The maximum atomic E-state index is 6.12. The predicted octanol–water partition coefficient (Wildman–Crippen LogP) is 2.47. The molecule has 0 bridgehead atoms. The van der Waals surface area contributed by atoms with Gasteiger partial charge in [-0.05, 0) is 12.8 Å². The van der Waals surface area contributed by atoms with Gasteiger partial charge in [-0.1, -0.05) is 30.8 Å². The van der Waals surface area contributed by atoms with E-state index in [9.17, 15) is 0 Å². The quantitative estimate of drug-likeness (QED) is 0.836. The molecule has 108 valence electrons. The van der Waals surface area contributed by atoms with Gasteiger partial charge in [0.1, 0.15) is 0 Å². The summed E-state index contributed by atoms with van der Waals surface area (Å²) in [7, 11) is 0. The number of H-pyrrole nitrogens is 1. The minimum atomic E-state index is -0.275. The molecule has 20 heavy (non-hydrogen) atoms. The zero-order valence-electron chi connectivity index (χ0n) is 11.6. The van der Waals surface area contributed by atoms with Crippen LogP contribution in [0.2, 0.25) is 0 Å². The summed E-state index contributed by atoms with van der Waals surface area (Å²) in [6, 6.07) is -0.275. The Bertz CT molecular complexity index is 513. The average molecular weight is 275 g/mol. The normalized spacial score (nSPS) is 18.9. The zero-order valence-corrected chi connectivity index (χ0v) is 11.6. The minimum absolute atomic E-state index is 0.275. The molecule has 2 aromatic rings. The van der Waals surface area contributed by atoms with E-state index in [0.717, 1.165) is 24.4 Å². The Hall–Kier alpha value is -1.69. The summed E-state index contributed by atoms with van der Waals surface area (Å²) in [4.78, 5) is 11.5. The van der Waals surface area contributed by atoms with Crippen molar-refractivity contribution in [1.29, 1.82) is 0 Å². The molecule has 6 heteroatoms. The summed E-state index contributed by atoms with van der Waals surface area (Å²) in [6.45, 7) is 0. The molecule has 1 saturated carbocycles. The third-order valence-electron chi connectivity index (χ3n) is 3.99. The largest absolute Gasteiger partial charge is 0.348 e. The molecular formula is C14H21N5O. The van der Waals surface area contributed by atoms with Gasteiger partial charge in [0, 0.05) is 24.2 Å². The van der Waals surface area contributed by atoms with Gasteiger partial charge in [0.05, 0.1) is 12.4 Å². The first-order chi connectivity index (χ1) is 9.83. The molecule has 2 aromatic heterocycles. The van der Waals surface area contributed by atoms with Gasteiger partial charge in [-0.2, -0.15) is 4.98 Å². The van der Waals surface area contributed by atoms with Crippen LogP contribution in [0.5, 0.6) is 0 Å². The van der Waals surface area contributed by atoms with E-state index in [1.807, 2.05) is 0 Å². The molecule has 0 spiro atoms. The van der Waals surface area contributed by atoms with Gasteiger partial charge in [0.2, 0.25) is 5.89 Å². The molecule has 1 fully saturated rings. The highest BCUT2D eigenvalue weighted by molar-refractivity contribution is 5.04. The number of nitrogens with one attached hydrogen (secondary N) is 1. The van der Waals surface area contributed by atoms with Gasteiger partial charge >= 0.3 is 0 Å². The van der Waals surface area contributed by atoms with Gasteiger partial charge in [-0.25, -0.2) is 4.98 Å². The van der Waals surface area contributed by atoms with E-state index in [4.69, 9.17) is 10.3 Å². The molecule has 2 heterocycles. The zero-order chi connectivity index (χ0) is 13.8. The smallest absolute Gasteiger partial charge is 0.243 e. The van der Waals surface area contributed by atoms with Crippen LogP contribution in [-0.4, -0.2) is 20.1 Å². The number of nitrogens with zero attached hydrogens (tertiary/aromatic N) is 3. The number of hydrogen-bond donors (Lipinski definition) is 2. The Labute approximate surface area is 118 Å². The SMILES string of the molecule is N[C@@H](Cc1cnc[nH]1)c1nc(C2CCCCCC2)no1. The Balaban J connectivity index is 1.66. The molecule has 0 radical (unpaired) electrons. The topological polar surface area (TPSA) is 93.6 Å². The number of imidazole rings is 1. The van der Waals surface area contributed by atoms with E-state index in [-0.39, 0.29) is 6.04 Å². The first-order valence-corrected chi connectivity index (χ1v) is 7.39. The lowest BCUT2D eigenvalue weighted by atomic mass is 10.00. The lowest BCUT2D eigenvalue weighted by molar-refractivity contribution is 0.345. The fraction of sp³-hybridized carbons (Fsp3) is 0.643. The van der Waals surface area contributed by atoms with Gasteiger partial charge in [0.15, 0.2) is 5.82 Å². The molecule has 0 saturated heterocycles. The van der Waals surface area contributed by atoms with Crippen molar-refractivity contribution in [2.45, 2.75) is 56.9 Å². The number of aromatic nitrogens is 4. The number of nitrogens with two attached hydrogens (primary N) is 1. The minimum Gasteiger partial charge on any atom is -0.348 e. The van der Waals surface area contributed by atoms with Gasteiger partial charge in [0.25, 0.3) is 0 Å². The molecule has 1 atom stereocenters. The maximum absolute atomic E-state index is 6.12. The third kappa shape index (κ3) is 3.07. The van der Waals surface area contributed by atoms with Crippen LogP contribution < -0.4 is 5.73 Å². The van der Waals surface area contributed by atoms with Crippen LogP contribution in [0.15, 0.2) is 17.0 Å². The molecule has 6 nitrogen and oxygen atoms in total. The summed E-state index contributed by atoms with van der Waals surface area (Å²) >= 11 is 0. The maximum Gasteiger partial charge on any atom is 0.243 e. The molecule has 0 aromatic carbocycles. The second-order valence-electron chi connectivity index (χ2n) is 5.57. The van der Waals surface area contributed by atoms with Crippen LogP contribution in [0, 0.1) is 0 Å². The van der Waals surface area contributed by atoms with Crippen LogP contribution in [0.1, 0.15) is 67.9 Å². The summed E-state index contributed by atoms with van der Waals surface area (Å²) in [5, 5.41) is 4.14. The van der Waals surface area contributed by atoms with Gasteiger partial charge in [-0.3, -0.25) is 0 Å². The van der Waals surface area contributed by atoms with Gasteiger partial charge in [-0.15, -0.1) is 0 Å². The van der Waals surface area contributed by atoms with Crippen molar-refractivity contribution in [1.82, 2.24) is 20.1 Å². The summed E-state index contributed by atoms with van der Waals surface area (Å²) in [6.07, 6.45) is 11.5. The summed E-state index contributed by atoms with van der Waals surface area (Å²) in [5.74, 6) is 1.80. The van der Waals surface area contributed by atoms with Crippen molar-refractivity contribution >= 4 is 0 Å². The van der Waals surface area contributed by atoms with Crippen molar-refractivity contribution < 1.29 is 4.52 Å². The van der Waals surface area contributed by atoms with E-state index < -0.39 is 0 Å². The molecule has 3 rings (SSSR count). The van der Waals surface area contributed by atoms with E-state index in [0.29, 0.717) is 18.2 Å². The van der Waals surface area contributed by atoms with Gasteiger partial charge < -0.3 is 15.2 Å². The second-order valence-corrected chi connectivity index (χ2v) is 5.57. The summed E-state index contributed by atoms with van der Waals surface area (Å²) < 4.78 is 5.35. The molecular weight excluding hydrogens is 254 g/mol. The standard InChI is InChI=1S/C14H21N5O/c15-12(7-11-8-16-9-17-11)14-18-13(19-20-14)10-5-3-1-2-4-6-10/h8-10,12H,1-7,15H2,(H,16,17)/t12-/m0/s1. The van der Waals surface area contributed by atoms with Crippen molar-refractivity contribution in [3.8, 4) is 0 Å². The van der Waals surface area contributed by atoms with Crippen molar-refractivity contribution in [3.05, 3.63) is 29.9 Å². The van der Waals surface area contributed by atoms with Crippen LogP contribution in [0.25, 0.3) is 0 Å². The van der Waals surface area contributed by atoms with E-state index in [1.165, 1.54) is 25.7 Å². The Morgan fingerprint density at radius 1 is 1.30 bits per heavy atom. The predicted molar refractivity (Wildman–Crippen MR) is 74.0 cm³/mol. The highest BCUT2D eigenvalue weighted by atomic mass is 16.5. The highest BCUT2D eigenvalue weighted by Gasteiger charge is 2.22. The molecule has 3 N–H and O–H groups in total. The lowest BCUT2D eigenvalue weighted by Gasteiger charge is -2.08. The van der Waals surface area contributed by atoms with Crippen LogP contribution >= 0.6 is 0 Å². The fourth-order valence-electron chi connectivity index (χ4n) is 2.82. The first-order valence-electron chi connectivity index (χ1n) is 7.39. The fourth-order valence-corrected chi connectivity index (χ4v) is 2.82. The van der Waals surface area contributed by atoms with Crippen molar-refractivity contribution in [2.24, 2.45) is 5.73 Å². The first kappa shape index (κ1) is 13.3. The number of rotatable bonds is 4.